The fourth-order valence-electron chi connectivity index (χ4n) is 1.08. The van der Waals surface area contributed by atoms with Crippen LogP contribution in [0.1, 0.15) is 16.1 Å². The maximum atomic E-state index is 11.0. The highest BCUT2D eigenvalue weighted by atomic mass is 16.5. The topological polar surface area (TPSA) is 64.1 Å². The third-order valence-electron chi connectivity index (χ3n) is 1.69. The van der Waals surface area contributed by atoms with Crippen LogP contribution in [0.3, 0.4) is 0 Å². The van der Waals surface area contributed by atoms with Gasteiger partial charge in [-0.15, -0.1) is 0 Å². The Morgan fingerprint density at radius 2 is 2.50 bits per heavy atom. The van der Waals surface area contributed by atoms with Gasteiger partial charge in [-0.2, -0.15) is 4.98 Å². The van der Waals surface area contributed by atoms with Crippen molar-refractivity contribution in [3.8, 4) is 6.01 Å². The number of carbonyl (C=O) groups excluding carboxylic acids is 1. The summed E-state index contributed by atoms with van der Waals surface area (Å²) < 4.78 is 4.81. The van der Waals surface area contributed by atoms with Gasteiger partial charge in [0.05, 0.1) is 24.9 Å². The number of aromatic nitrogens is 2. The zero-order valence-corrected chi connectivity index (χ0v) is 6.50. The molecule has 0 radical (unpaired) electrons. The largest absolute Gasteiger partial charge is 0.467 e. The van der Waals surface area contributed by atoms with Crippen LogP contribution < -0.4 is 10.1 Å². The highest BCUT2D eigenvalue weighted by Crippen LogP contribution is 2.13. The maximum Gasteiger partial charge on any atom is 0.316 e. The zero-order valence-electron chi connectivity index (χ0n) is 6.50. The Bertz CT molecular complexity index is 337. The van der Waals surface area contributed by atoms with Crippen LogP contribution in [0.15, 0.2) is 6.20 Å². The van der Waals surface area contributed by atoms with Crippen LogP contribution in [0.4, 0.5) is 0 Å². The lowest BCUT2D eigenvalue weighted by molar-refractivity contribution is 0.0965. The number of hydrogen-bond donors (Lipinski definition) is 1. The molecule has 0 atom stereocenters. The number of fused-ring (bicyclic) bond motifs is 1. The van der Waals surface area contributed by atoms with E-state index in [0.29, 0.717) is 23.8 Å². The van der Waals surface area contributed by atoms with E-state index in [0.717, 1.165) is 0 Å². The second-order valence-corrected chi connectivity index (χ2v) is 2.40. The molecule has 1 amide bonds. The van der Waals surface area contributed by atoms with Crippen molar-refractivity contribution < 1.29 is 9.53 Å². The summed E-state index contributed by atoms with van der Waals surface area (Å²) in [5, 5.41) is 2.64. The fraction of sp³-hybridized carbons (Fsp3) is 0.286. The predicted octanol–water partition coefficient (Wildman–Crippen LogP) is -0.271. The van der Waals surface area contributed by atoms with E-state index in [1.165, 1.54) is 13.3 Å². The number of nitrogens with zero attached hydrogens (tertiary/aromatic N) is 2. The minimum Gasteiger partial charge on any atom is -0.467 e. The lowest BCUT2D eigenvalue weighted by Crippen LogP contribution is -2.12. The zero-order chi connectivity index (χ0) is 8.55. The molecule has 1 aliphatic heterocycles. The normalized spacial score (nSPS) is 13.9. The van der Waals surface area contributed by atoms with Gasteiger partial charge in [0.25, 0.3) is 5.91 Å². The molecule has 5 nitrogen and oxygen atoms in total. The Morgan fingerprint density at radius 3 is 3.25 bits per heavy atom. The maximum absolute atomic E-state index is 11.0. The number of ether oxygens (including phenoxy) is 1. The molecule has 2 rings (SSSR count). The summed E-state index contributed by atoms with van der Waals surface area (Å²) in [7, 11) is 1.49. The van der Waals surface area contributed by atoms with Crippen molar-refractivity contribution in [1.82, 2.24) is 15.3 Å². The van der Waals surface area contributed by atoms with Crippen molar-refractivity contribution >= 4 is 5.91 Å². The lowest BCUT2D eigenvalue weighted by atomic mass is 10.3. The first-order valence-electron chi connectivity index (χ1n) is 3.49. The fourth-order valence-corrected chi connectivity index (χ4v) is 1.08. The second-order valence-electron chi connectivity index (χ2n) is 2.40. The van der Waals surface area contributed by atoms with E-state index < -0.39 is 0 Å². The molecule has 12 heavy (non-hydrogen) atoms. The predicted molar refractivity (Wildman–Crippen MR) is 39.8 cm³/mol. The summed E-state index contributed by atoms with van der Waals surface area (Å²) in [6.07, 6.45) is 1.48. The molecule has 0 aromatic carbocycles. The van der Waals surface area contributed by atoms with Crippen LogP contribution in [0.25, 0.3) is 0 Å². The van der Waals surface area contributed by atoms with Crippen LogP contribution in [0, 0.1) is 0 Å². The molecule has 1 N–H and O–H groups in total. The summed E-state index contributed by atoms with van der Waals surface area (Å²) in [5.41, 5.74) is 1.24. The highest BCUT2D eigenvalue weighted by molar-refractivity contribution is 5.97. The minimum absolute atomic E-state index is 0.118. The van der Waals surface area contributed by atoms with E-state index in [1.54, 1.807) is 0 Å². The number of methoxy groups -OCH3 is 1. The van der Waals surface area contributed by atoms with E-state index in [9.17, 15) is 4.79 Å². The number of carbonyl (C=O) groups is 1. The molecule has 1 aliphatic rings. The third kappa shape index (κ3) is 0.903. The van der Waals surface area contributed by atoms with Crippen LogP contribution in [0.2, 0.25) is 0 Å². The number of nitrogens with one attached hydrogen (secondary N) is 1. The first-order valence-corrected chi connectivity index (χ1v) is 3.49. The van der Waals surface area contributed by atoms with Crippen LogP contribution in [-0.4, -0.2) is 23.0 Å². The van der Waals surface area contributed by atoms with E-state index >= 15 is 0 Å². The van der Waals surface area contributed by atoms with Gasteiger partial charge in [0.1, 0.15) is 0 Å². The standard InChI is InChI=1S/C7H7N3O2/c1-12-7-9-2-4-5(10-7)3-8-6(4)11/h2H,3H2,1H3,(H,8,11). The van der Waals surface area contributed by atoms with Crippen molar-refractivity contribution in [3.63, 3.8) is 0 Å². The summed E-state index contributed by atoms with van der Waals surface area (Å²) in [4.78, 5) is 18.9. The Labute approximate surface area is 68.8 Å². The first kappa shape index (κ1) is 7.02. The van der Waals surface area contributed by atoms with Crippen LogP contribution >= 0.6 is 0 Å². The molecule has 1 aromatic rings. The summed E-state index contributed by atoms with van der Waals surface area (Å²) >= 11 is 0. The van der Waals surface area contributed by atoms with Gasteiger partial charge in [-0.05, 0) is 0 Å². The molecule has 0 spiro atoms. The van der Waals surface area contributed by atoms with Gasteiger partial charge in [-0.1, -0.05) is 0 Å². The second kappa shape index (κ2) is 2.44. The average Bonchev–Trinajstić information content (AvgIpc) is 2.47. The van der Waals surface area contributed by atoms with Crippen molar-refractivity contribution in [1.29, 1.82) is 0 Å². The molecular weight excluding hydrogens is 158 g/mol. The van der Waals surface area contributed by atoms with Crippen molar-refractivity contribution in [2.45, 2.75) is 6.54 Å². The van der Waals surface area contributed by atoms with Crippen LogP contribution in [0.5, 0.6) is 6.01 Å². The van der Waals surface area contributed by atoms with E-state index in [-0.39, 0.29) is 5.91 Å². The van der Waals surface area contributed by atoms with Crippen molar-refractivity contribution in [3.05, 3.63) is 17.5 Å². The first-order chi connectivity index (χ1) is 5.81. The Kier molecular flexibility index (Phi) is 1.43. The quantitative estimate of drug-likeness (QED) is 0.622. The highest BCUT2D eigenvalue weighted by Gasteiger charge is 2.20. The smallest absolute Gasteiger partial charge is 0.316 e. The van der Waals surface area contributed by atoms with E-state index in [2.05, 4.69) is 15.3 Å². The Balaban J connectivity index is 2.48. The molecule has 5 heteroatoms. The van der Waals surface area contributed by atoms with Gasteiger partial charge in [0.2, 0.25) is 0 Å². The summed E-state index contributed by atoms with van der Waals surface area (Å²) in [6.45, 7) is 0.465. The average molecular weight is 165 g/mol. The van der Waals surface area contributed by atoms with Gasteiger partial charge >= 0.3 is 6.01 Å². The van der Waals surface area contributed by atoms with Gasteiger partial charge in [-0.3, -0.25) is 4.79 Å². The molecule has 0 bridgehead atoms. The van der Waals surface area contributed by atoms with Gasteiger partial charge in [0, 0.05) is 6.20 Å². The number of amides is 1. The number of hydrogen-bond acceptors (Lipinski definition) is 4. The molecule has 0 fully saturated rings. The van der Waals surface area contributed by atoms with Crippen molar-refractivity contribution in [2.24, 2.45) is 0 Å². The SMILES string of the molecule is COc1ncc2c(n1)CNC2=O. The van der Waals surface area contributed by atoms with Gasteiger partial charge in [0.15, 0.2) is 0 Å². The lowest BCUT2D eigenvalue weighted by Gasteiger charge is -1.97. The molecule has 0 saturated carbocycles. The Morgan fingerprint density at radius 1 is 1.67 bits per heavy atom. The third-order valence-corrected chi connectivity index (χ3v) is 1.69. The summed E-state index contributed by atoms with van der Waals surface area (Å²) in [6, 6.07) is 0.297. The molecule has 2 heterocycles. The Hall–Kier alpha value is -1.65. The molecule has 62 valence electrons. The van der Waals surface area contributed by atoms with E-state index in [1.807, 2.05) is 0 Å². The van der Waals surface area contributed by atoms with Gasteiger partial charge < -0.3 is 10.1 Å². The molecule has 1 aromatic heterocycles. The monoisotopic (exact) mass is 165 g/mol. The summed E-state index contributed by atoms with van der Waals surface area (Å²) in [5.74, 6) is -0.118. The minimum atomic E-state index is -0.118. The molecule has 0 aliphatic carbocycles. The molecule has 0 unspecified atom stereocenters. The van der Waals surface area contributed by atoms with Crippen LogP contribution in [-0.2, 0) is 6.54 Å². The molecular formula is C7H7N3O2. The molecule has 0 saturated heterocycles. The number of rotatable bonds is 1. The van der Waals surface area contributed by atoms with Crippen molar-refractivity contribution in [2.75, 3.05) is 7.11 Å². The van der Waals surface area contributed by atoms with Gasteiger partial charge in [-0.25, -0.2) is 4.98 Å². The van der Waals surface area contributed by atoms with E-state index in [4.69, 9.17) is 4.74 Å².